The predicted molar refractivity (Wildman–Crippen MR) is 106 cm³/mol. The lowest BCUT2D eigenvalue weighted by Crippen LogP contribution is -2.34. The van der Waals surface area contributed by atoms with Crippen molar-refractivity contribution in [3.05, 3.63) is 59.7 Å². The fourth-order valence-corrected chi connectivity index (χ4v) is 4.00. The highest BCUT2D eigenvalue weighted by Crippen LogP contribution is 2.29. The van der Waals surface area contributed by atoms with Gasteiger partial charge < -0.3 is 14.5 Å². The molecule has 1 aromatic heterocycles. The number of benzene rings is 2. The summed E-state index contributed by atoms with van der Waals surface area (Å²) in [6, 6.07) is 15.5. The minimum absolute atomic E-state index is 0.0229. The van der Waals surface area contributed by atoms with Gasteiger partial charge in [0.2, 0.25) is 0 Å². The van der Waals surface area contributed by atoms with E-state index >= 15 is 0 Å². The van der Waals surface area contributed by atoms with E-state index in [1.807, 2.05) is 42.5 Å². The minimum Gasteiger partial charge on any atom is -0.455 e. The van der Waals surface area contributed by atoms with Crippen LogP contribution in [0, 0.1) is 0 Å². The Morgan fingerprint density at radius 1 is 1.18 bits per heavy atom. The molecule has 6 nitrogen and oxygen atoms in total. The zero-order valence-electron chi connectivity index (χ0n) is 15.2. The molecule has 28 heavy (non-hydrogen) atoms. The van der Waals surface area contributed by atoms with Gasteiger partial charge in [-0.1, -0.05) is 48.2 Å². The molecular weight excluding hydrogens is 376 g/mol. The molecule has 0 bridgehead atoms. The third kappa shape index (κ3) is 4.36. The highest BCUT2D eigenvalue weighted by molar-refractivity contribution is 7.99. The Bertz CT molecular complexity index is 968. The number of nitrogens with one attached hydrogen (secondary N) is 1. The molecule has 1 aliphatic carbocycles. The minimum atomic E-state index is -0.480. The van der Waals surface area contributed by atoms with Crippen LogP contribution in [0.2, 0.25) is 0 Å². The van der Waals surface area contributed by atoms with Crippen molar-refractivity contribution in [1.29, 1.82) is 0 Å². The summed E-state index contributed by atoms with van der Waals surface area (Å²) in [7, 11) is 0. The molecule has 1 aliphatic rings. The van der Waals surface area contributed by atoms with Crippen LogP contribution in [0.4, 0.5) is 0 Å². The van der Waals surface area contributed by atoms with Gasteiger partial charge in [-0.25, -0.2) is 4.98 Å². The first-order chi connectivity index (χ1) is 13.7. The lowest BCUT2D eigenvalue weighted by Gasteiger charge is -2.26. The van der Waals surface area contributed by atoms with Crippen molar-refractivity contribution in [2.75, 3.05) is 12.4 Å². The van der Waals surface area contributed by atoms with E-state index in [1.54, 1.807) is 0 Å². The van der Waals surface area contributed by atoms with Crippen LogP contribution in [0.15, 0.2) is 58.2 Å². The van der Waals surface area contributed by atoms with Crippen molar-refractivity contribution in [2.24, 2.45) is 0 Å². The normalized spacial score (nSPS) is 15.8. The Hall–Kier alpha value is -2.80. The molecule has 1 heterocycles. The molecule has 7 heteroatoms. The number of esters is 1. The number of hydrogen-bond donors (Lipinski definition) is 1. The number of carbonyl (C=O) groups excluding carboxylic acids is 2. The molecule has 144 valence electrons. The van der Waals surface area contributed by atoms with Crippen LogP contribution in [-0.2, 0) is 20.7 Å². The second-order valence-corrected chi connectivity index (χ2v) is 7.53. The number of para-hydroxylation sites is 2. The zero-order chi connectivity index (χ0) is 19.3. The number of hydrogen-bond acceptors (Lipinski definition) is 6. The molecule has 1 N–H and O–H groups in total. The van der Waals surface area contributed by atoms with Gasteiger partial charge >= 0.3 is 5.97 Å². The Kier molecular flexibility index (Phi) is 5.62. The zero-order valence-corrected chi connectivity index (χ0v) is 16.0. The van der Waals surface area contributed by atoms with Crippen molar-refractivity contribution in [1.82, 2.24) is 10.3 Å². The first-order valence-electron chi connectivity index (χ1n) is 9.20. The van der Waals surface area contributed by atoms with Gasteiger partial charge in [0, 0.05) is 0 Å². The number of fused-ring (bicyclic) bond motifs is 2. The second-order valence-electron chi connectivity index (χ2n) is 6.61. The number of thioether (sulfide) groups is 1. The maximum atomic E-state index is 12.2. The Balaban J connectivity index is 1.24. The van der Waals surface area contributed by atoms with Crippen LogP contribution in [0.5, 0.6) is 0 Å². The number of ether oxygens (including phenoxy) is 1. The van der Waals surface area contributed by atoms with Gasteiger partial charge in [0.25, 0.3) is 11.1 Å². The molecule has 0 saturated carbocycles. The molecule has 1 atom stereocenters. The van der Waals surface area contributed by atoms with Gasteiger partial charge in [-0.2, -0.15) is 0 Å². The second kappa shape index (κ2) is 8.48. The number of oxazole rings is 1. The summed E-state index contributed by atoms with van der Waals surface area (Å²) >= 11 is 1.15. The molecule has 0 aliphatic heterocycles. The van der Waals surface area contributed by atoms with Gasteiger partial charge in [0.15, 0.2) is 12.2 Å². The Morgan fingerprint density at radius 3 is 2.89 bits per heavy atom. The number of amides is 1. The van der Waals surface area contributed by atoms with Gasteiger partial charge in [-0.3, -0.25) is 9.59 Å². The van der Waals surface area contributed by atoms with E-state index in [0.29, 0.717) is 10.8 Å². The average molecular weight is 396 g/mol. The van der Waals surface area contributed by atoms with Gasteiger partial charge in [0.05, 0.1) is 6.04 Å². The fourth-order valence-electron chi connectivity index (χ4n) is 3.36. The number of aryl methyl sites for hydroxylation is 1. The highest BCUT2D eigenvalue weighted by Gasteiger charge is 2.21. The van der Waals surface area contributed by atoms with Gasteiger partial charge in [0.1, 0.15) is 11.3 Å². The van der Waals surface area contributed by atoms with Crippen LogP contribution >= 0.6 is 11.8 Å². The Labute approximate surface area is 166 Å². The van der Waals surface area contributed by atoms with Crippen molar-refractivity contribution in [2.45, 2.75) is 30.5 Å². The predicted octanol–water partition coefficient (Wildman–Crippen LogP) is 3.66. The standard InChI is InChI=1S/C21H20N2O4S/c24-19(22-16-10-5-7-14-6-1-2-8-15(14)16)12-26-20(25)13-28-21-23-17-9-3-4-11-18(17)27-21/h1-4,6,8-9,11,16H,5,7,10,12-13H2,(H,22,24). The summed E-state index contributed by atoms with van der Waals surface area (Å²) in [6.45, 7) is -0.286. The summed E-state index contributed by atoms with van der Waals surface area (Å²) in [4.78, 5) is 28.4. The number of aromatic nitrogens is 1. The van der Waals surface area contributed by atoms with Crippen molar-refractivity contribution in [3.8, 4) is 0 Å². The molecule has 2 aromatic carbocycles. The average Bonchev–Trinajstić information content (AvgIpc) is 3.14. The monoisotopic (exact) mass is 396 g/mol. The molecule has 0 radical (unpaired) electrons. The smallest absolute Gasteiger partial charge is 0.316 e. The molecule has 1 unspecified atom stereocenters. The van der Waals surface area contributed by atoms with E-state index in [4.69, 9.17) is 9.15 Å². The maximum Gasteiger partial charge on any atom is 0.316 e. The summed E-state index contributed by atoms with van der Waals surface area (Å²) in [6.07, 6.45) is 2.96. The molecule has 0 fully saturated rings. The number of carbonyl (C=O) groups is 2. The third-order valence-corrected chi connectivity index (χ3v) is 5.46. The van der Waals surface area contributed by atoms with E-state index in [2.05, 4.69) is 16.4 Å². The first-order valence-corrected chi connectivity index (χ1v) is 10.2. The quantitative estimate of drug-likeness (QED) is 0.506. The van der Waals surface area contributed by atoms with Crippen molar-refractivity contribution < 1.29 is 18.7 Å². The van der Waals surface area contributed by atoms with Gasteiger partial charge in [-0.15, -0.1) is 0 Å². The number of nitrogens with zero attached hydrogens (tertiary/aromatic N) is 1. The highest BCUT2D eigenvalue weighted by atomic mass is 32.2. The van der Waals surface area contributed by atoms with E-state index in [9.17, 15) is 9.59 Å². The topological polar surface area (TPSA) is 81.4 Å². The Morgan fingerprint density at radius 2 is 2.00 bits per heavy atom. The maximum absolute atomic E-state index is 12.2. The van der Waals surface area contributed by atoms with Crippen LogP contribution in [0.1, 0.15) is 30.0 Å². The van der Waals surface area contributed by atoms with Crippen LogP contribution < -0.4 is 5.32 Å². The molecule has 0 saturated heterocycles. The summed E-state index contributed by atoms with van der Waals surface area (Å²) in [5, 5.41) is 3.37. The molecule has 1 amide bonds. The van der Waals surface area contributed by atoms with Crippen molar-refractivity contribution >= 4 is 34.7 Å². The molecular formula is C21H20N2O4S. The molecule has 4 rings (SSSR count). The lowest BCUT2D eigenvalue weighted by molar-refractivity contribution is -0.146. The van der Waals surface area contributed by atoms with E-state index in [1.165, 1.54) is 5.56 Å². The SMILES string of the molecule is O=C(COC(=O)CSc1nc2ccccc2o1)NC1CCCc2ccccc21. The van der Waals surface area contributed by atoms with E-state index in [0.717, 1.165) is 42.1 Å². The van der Waals surface area contributed by atoms with Crippen LogP contribution in [0.25, 0.3) is 11.1 Å². The van der Waals surface area contributed by atoms with Gasteiger partial charge in [-0.05, 0) is 42.5 Å². The fraction of sp³-hybridized carbons (Fsp3) is 0.286. The van der Waals surface area contributed by atoms with E-state index < -0.39 is 5.97 Å². The molecule has 3 aromatic rings. The van der Waals surface area contributed by atoms with E-state index in [-0.39, 0.29) is 24.3 Å². The summed E-state index contributed by atoms with van der Waals surface area (Å²) < 4.78 is 10.6. The van der Waals surface area contributed by atoms with Crippen LogP contribution in [-0.4, -0.2) is 29.2 Å². The summed E-state index contributed by atoms with van der Waals surface area (Å²) in [5.74, 6) is -0.736. The number of rotatable bonds is 6. The summed E-state index contributed by atoms with van der Waals surface area (Å²) in [5.41, 5.74) is 3.83. The molecule has 0 spiro atoms. The largest absolute Gasteiger partial charge is 0.455 e. The third-order valence-electron chi connectivity index (χ3n) is 4.66. The lowest BCUT2D eigenvalue weighted by atomic mass is 9.88. The van der Waals surface area contributed by atoms with Crippen molar-refractivity contribution in [3.63, 3.8) is 0 Å². The first kappa shape index (κ1) is 18.6. The van der Waals surface area contributed by atoms with Crippen LogP contribution in [0.3, 0.4) is 0 Å².